The smallest absolute Gasteiger partial charge is 0.238 e. The third-order valence-electron chi connectivity index (χ3n) is 14.7. The number of hydrogen-bond acceptors (Lipinski definition) is 3. The molecule has 0 radical (unpaired) electrons. The zero-order valence-corrected chi connectivity index (χ0v) is 40.4. The Labute approximate surface area is 429 Å². The molecule has 1 unspecified atom stereocenters. The van der Waals surface area contributed by atoms with Crippen LogP contribution in [0.4, 0.5) is 0 Å². The number of nitrogens with zero attached hydrogens (tertiary/aromatic N) is 5. The van der Waals surface area contributed by atoms with Crippen LogP contribution in [-0.4, -0.2) is 24.1 Å². The molecular weight excluding hydrogens is 899 g/mol. The molecule has 3 aromatic heterocycles. The van der Waals surface area contributed by atoms with Crippen LogP contribution in [0.5, 0.6) is 0 Å². The second kappa shape index (κ2) is 18.2. The number of benzene rings is 10. The highest BCUT2D eigenvalue weighted by Crippen LogP contribution is 2.44. The van der Waals surface area contributed by atoms with Crippen LogP contribution in [-0.2, 0) is 0 Å². The van der Waals surface area contributed by atoms with Crippen molar-refractivity contribution in [3.63, 3.8) is 0 Å². The lowest BCUT2D eigenvalue weighted by atomic mass is 9.91. The molecule has 74 heavy (non-hydrogen) atoms. The summed E-state index contributed by atoms with van der Waals surface area (Å²) >= 11 is 0. The summed E-state index contributed by atoms with van der Waals surface area (Å²) in [6.07, 6.45) is 9.73. The molecule has 0 amide bonds. The van der Waals surface area contributed by atoms with Crippen molar-refractivity contribution in [1.29, 1.82) is 0 Å². The van der Waals surface area contributed by atoms with Crippen molar-refractivity contribution in [2.75, 3.05) is 0 Å². The highest BCUT2D eigenvalue weighted by molar-refractivity contribution is 6.24. The van der Waals surface area contributed by atoms with Crippen molar-refractivity contribution >= 4 is 43.6 Å². The molecule has 348 valence electrons. The standard InChI is InChI=1S/C69H47N5/c1-5-21-46(22-6-1)50-29-19-31-52(41-50)67-70-68(53-32-20-30-51(42-53)47-23-7-2-8-24-47)72-69(71-67)74-64-38-18-15-35-59(64)61-40-39-60-58-34-14-17-37-63(58)73(65(60)66(61)74)62-36-16-13-33-57(62)56-44-54(48-25-9-3-10-26-48)43-55(45-56)49-27-11-4-12-28-49/h1-23,25-45,47H,24H2. The zero-order chi connectivity index (χ0) is 49.0. The molecule has 0 saturated carbocycles. The lowest BCUT2D eigenvalue weighted by Gasteiger charge is -2.18. The molecule has 0 bridgehead atoms. The first kappa shape index (κ1) is 43.1. The predicted molar refractivity (Wildman–Crippen MR) is 307 cm³/mol. The van der Waals surface area contributed by atoms with E-state index in [-0.39, 0.29) is 5.92 Å². The summed E-state index contributed by atoms with van der Waals surface area (Å²) in [5, 5.41) is 4.53. The first-order valence-electron chi connectivity index (χ1n) is 25.4. The average Bonchev–Trinajstić information content (AvgIpc) is 4.07. The van der Waals surface area contributed by atoms with Crippen molar-refractivity contribution < 1.29 is 0 Å². The van der Waals surface area contributed by atoms with Crippen molar-refractivity contribution in [1.82, 2.24) is 24.1 Å². The molecule has 1 atom stereocenters. The minimum atomic E-state index is 0.268. The van der Waals surface area contributed by atoms with E-state index in [9.17, 15) is 0 Å². The van der Waals surface area contributed by atoms with Gasteiger partial charge in [0.15, 0.2) is 11.6 Å². The summed E-state index contributed by atoms with van der Waals surface area (Å²) in [7, 11) is 0. The molecule has 1 aliphatic carbocycles. The second-order valence-corrected chi connectivity index (χ2v) is 19.1. The number of rotatable bonds is 9. The van der Waals surface area contributed by atoms with Gasteiger partial charge in [-0.2, -0.15) is 9.97 Å². The second-order valence-electron chi connectivity index (χ2n) is 19.1. The summed E-state index contributed by atoms with van der Waals surface area (Å²) in [6.45, 7) is 0. The Morgan fingerprint density at radius 3 is 1.46 bits per heavy atom. The van der Waals surface area contributed by atoms with Crippen molar-refractivity contribution in [3.8, 4) is 78.9 Å². The van der Waals surface area contributed by atoms with Crippen LogP contribution in [0, 0.1) is 0 Å². The fourth-order valence-electron chi connectivity index (χ4n) is 11.2. The third kappa shape index (κ3) is 7.53. The van der Waals surface area contributed by atoms with Gasteiger partial charge >= 0.3 is 0 Å². The maximum atomic E-state index is 5.54. The Morgan fingerprint density at radius 1 is 0.338 bits per heavy atom. The topological polar surface area (TPSA) is 48.5 Å². The van der Waals surface area contributed by atoms with Gasteiger partial charge in [-0.25, -0.2) is 4.98 Å². The van der Waals surface area contributed by atoms with Gasteiger partial charge in [-0.1, -0.05) is 218 Å². The van der Waals surface area contributed by atoms with Gasteiger partial charge in [-0.05, 0) is 99.5 Å². The largest absolute Gasteiger partial charge is 0.307 e. The minimum Gasteiger partial charge on any atom is -0.307 e. The number of hydrogen-bond donors (Lipinski definition) is 0. The Kier molecular flexibility index (Phi) is 10.6. The van der Waals surface area contributed by atoms with E-state index in [1.54, 1.807) is 0 Å². The average molecular weight is 946 g/mol. The lowest BCUT2D eigenvalue weighted by molar-refractivity contribution is 0.853. The third-order valence-corrected chi connectivity index (χ3v) is 14.7. The van der Waals surface area contributed by atoms with E-state index >= 15 is 0 Å². The number of aromatic nitrogens is 5. The summed E-state index contributed by atoms with van der Waals surface area (Å²) in [6, 6.07) is 87.1. The van der Waals surface area contributed by atoms with Crippen LogP contribution in [0.3, 0.4) is 0 Å². The van der Waals surface area contributed by atoms with Gasteiger partial charge in [0.2, 0.25) is 5.95 Å². The monoisotopic (exact) mass is 945 g/mol. The minimum absolute atomic E-state index is 0.268. The quantitative estimate of drug-likeness (QED) is 0.145. The highest BCUT2D eigenvalue weighted by atomic mass is 15.2. The number of para-hydroxylation sites is 3. The van der Waals surface area contributed by atoms with Crippen LogP contribution in [0.1, 0.15) is 17.9 Å². The van der Waals surface area contributed by atoms with Gasteiger partial charge in [-0.3, -0.25) is 4.57 Å². The summed E-state index contributed by atoms with van der Waals surface area (Å²) in [5.41, 5.74) is 17.5. The zero-order valence-electron chi connectivity index (χ0n) is 40.4. The molecule has 0 N–H and O–H groups in total. The van der Waals surface area contributed by atoms with Crippen molar-refractivity contribution in [2.45, 2.75) is 12.3 Å². The molecule has 0 fully saturated rings. The van der Waals surface area contributed by atoms with Crippen molar-refractivity contribution in [2.24, 2.45) is 0 Å². The molecule has 14 rings (SSSR count). The Hall–Kier alpha value is -9.71. The lowest BCUT2D eigenvalue weighted by Crippen LogP contribution is -2.07. The maximum absolute atomic E-state index is 5.54. The molecule has 0 spiro atoms. The van der Waals surface area contributed by atoms with Gasteiger partial charge in [0, 0.05) is 44.2 Å². The normalized spacial score (nSPS) is 13.4. The molecule has 5 heteroatoms. The van der Waals surface area contributed by atoms with Crippen LogP contribution < -0.4 is 0 Å². The fraction of sp³-hybridized carbons (Fsp3) is 0.0290. The number of allylic oxidation sites excluding steroid dienone is 4. The van der Waals surface area contributed by atoms with E-state index in [1.807, 2.05) is 0 Å². The summed E-state index contributed by atoms with van der Waals surface area (Å²) in [4.78, 5) is 16.4. The SMILES string of the molecule is C1=CCC(c2cccc(-c3nc(-c4cccc(-c5ccccc5)c4)nc(-n4c5ccccc5c5ccc6c7ccccc7n(-c7ccccc7-c7cc(-c8ccccc8)cc(-c8ccccc8)c7)c6c54)n3)c2)C=C1. The van der Waals surface area contributed by atoms with E-state index in [0.717, 1.165) is 100 Å². The Morgan fingerprint density at radius 2 is 0.824 bits per heavy atom. The molecule has 10 aromatic carbocycles. The van der Waals surface area contributed by atoms with Gasteiger partial charge in [-0.15, -0.1) is 0 Å². The molecule has 13 aromatic rings. The van der Waals surface area contributed by atoms with E-state index in [1.165, 1.54) is 16.7 Å². The molecule has 0 aliphatic heterocycles. The van der Waals surface area contributed by atoms with Gasteiger partial charge in [0.1, 0.15) is 0 Å². The Bertz CT molecular complexity index is 4280. The van der Waals surface area contributed by atoms with E-state index < -0.39 is 0 Å². The van der Waals surface area contributed by atoms with E-state index in [4.69, 9.17) is 15.0 Å². The van der Waals surface area contributed by atoms with E-state index in [2.05, 4.69) is 276 Å². The Balaban J connectivity index is 1.05. The van der Waals surface area contributed by atoms with Crippen LogP contribution in [0.2, 0.25) is 0 Å². The van der Waals surface area contributed by atoms with Gasteiger partial charge in [0.25, 0.3) is 0 Å². The number of fused-ring (bicyclic) bond motifs is 7. The highest BCUT2D eigenvalue weighted by Gasteiger charge is 2.25. The summed E-state index contributed by atoms with van der Waals surface area (Å²) < 4.78 is 4.78. The molecular formula is C69H47N5. The molecule has 1 aliphatic rings. The maximum Gasteiger partial charge on any atom is 0.238 e. The first-order valence-corrected chi connectivity index (χ1v) is 25.4. The molecule has 3 heterocycles. The molecule has 5 nitrogen and oxygen atoms in total. The molecule has 0 saturated heterocycles. The van der Waals surface area contributed by atoms with Crippen LogP contribution in [0.25, 0.3) is 123 Å². The fourth-order valence-corrected chi connectivity index (χ4v) is 11.2. The van der Waals surface area contributed by atoms with Gasteiger partial charge in [0.05, 0.1) is 27.8 Å². The summed E-state index contributed by atoms with van der Waals surface area (Å²) in [5.74, 6) is 2.03. The first-order chi connectivity index (χ1) is 36.7. The van der Waals surface area contributed by atoms with E-state index in [0.29, 0.717) is 17.6 Å². The predicted octanol–water partition coefficient (Wildman–Crippen LogP) is 17.7. The van der Waals surface area contributed by atoms with Crippen LogP contribution in [0.15, 0.2) is 267 Å². The van der Waals surface area contributed by atoms with Crippen LogP contribution >= 0.6 is 0 Å². The van der Waals surface area contributed by atoms with Gasteiger partial charge < -0.3 is 4.57 Å². The van der Waals surface area contributed by atoms with Crippen molar-refractivity contribution in [3.05, 3.63) is 273 Å².